The lowest BCUT2D eigenvalue weighted by atomic mass is 9.39. The molecule has 1 unspecified atom stereocenters. The summed E-state index contributed by atoms with van der Waals surface area (Å²) >= 11 is 0. The van der Waals surface area contributed by atoms with Gasteiger partial charge >= 0.3 is 0 Å². The summed E-state index contributed by atoms with van der Waals surface area (Å²) in [6.45, 7) is 18.7. The van der Waals surface area contributed by atoms with E-state index in [1.54, 1.807) is 20.8 Å². The predicted molar refractivity (Wildman–Crippen MR) is 145 cm³/mol. The van der Waals surface area contributed by atoms with Crippen molar-refractivity contribution in [2.24, 2.45) is 28.1 Å². The quantitative estimate of drug-likeness (QED) is 0.253. The average molecular weight is 501 g/mol. The number of fused-ring (bicyclic) bond motifs is 2. The van der Waals surface area contributed by atoms with Crippen LogP contribution in [-0.4, -0.2) is 33.2 Å². The summed E-state index contributed by atoms with van der Waals surface area (Å²) in [4.78, 5) is 43.4. The average Bonchev–Trinajstić information content (AvgIpc) is 2.75. The minimum absolute atomic E-state index is 0.113. The van der Waals surface area contributed by atoms with Gasteiger partial charge in [-0.05, 0) is 91.4 Å². The van der Waals surface area contributed by atoms with Gasteiger partial charge in [-0.1, -0.05) is 51.0 Å². The second-order valence-electron chi connectivity index (χ2n) is 12.9. The third kappa shape index (κ3) is 4.92. The highest BCUT2D eigenvalue weighted by atomic mass is 16.3. The van der Waals surface area contributed by atoms with E-state index in [0.717, 1.165) is 11.1 Å². The topological polar surface area (TPSA) is 91.7 Å². The maximum atomic E-state index is 14.7. The molecule has 0 amide bonds. The lowest BCUT2D eigenvalue weighted by molar-refractivity contribution is -0.178. The molecule has 0 radical (unpaired) electrons. The number of aliphatic hydroxyl groups is 2. The van der Waals surface area contributed by atoms with Crippen LogP contribution < -0.4 is 0 Å². The Balaban J connectivity index is 2.98. The SMILES string of the molecule is CCC(C)C(=O)[C@]12C(=O)C(CCC(C)(C)O)=C(O)[C@@](CC=C(C)C)(C[C@H](CC=C(C)C)C1(C)C)C2=O. The predicted octanol–water partition coefficient (Wildman–Crippen LogP) is 6.85. The molecular weight excluding hydrogens is 452 g/mol. The van der Waals surface area contributed by atoms with E-state index in [2.05, 4.69) is 6.08 Å². The Morgan fingerprint density at radius 3 is 2.14 bits per heavy atom. The van der Waals surface area contributed by atoms with Crippen LogP contribution in [0.3, 0.4) is 0 Å². The Kier molecular flexibility index (Phi) is 8.72. The fourth-order valence-electron chi connectivity index (χ4n) is 6.11. The molecule has 0 aromatic rings. The first-order valence-electron chi connectivity index (χ1n) is 13.5. The van der Waals surface area contributed by atoms with Crippen LogP contribution in [0.2, 0.25) is 0 Å². The zero-order valence-corrected chi connectivity index (χ0v) is 24.2. The van der Waals surface area contributed by atoms with Crippen molar-refractivity contribution in [2.45, 2.75) is 113 Å². The normalized spacial score (nSPS) is 28.6. The van der Waals surface area contributed by atoms with Gasteiger partial charge in [-0.15, -0.1) is 0 Å². The summed E-state index contributed by atoms with van der Waals surface area (Å²) in [6, 6.07) is 0. The van der Waals surface area contributed by atoms with E-state index in [1.807, 2.05) is 54.5 Å². The first-order chi connectivity index (χ1) is 16.4. The second-order valence-corrected chi connectivity index (χ2v) is 12.9. The Morgan fingerprint density at radius 2 is 1.67 bits per heavy atom. The lowest BCUT2D eigenvalue weighted by Crippen LogP contribution is -2.70. The number of Topliss-reactive ketones (excluding diaryl/α,β-unsaturated/α-hetero) is 3. The van der Waals surface area contributed by atoms with Crippen molar-refractivity contribution >= 4 is 17.3 Å². The molecule has 1 fully saturated rings. The van der Waals surface area contributed by atoms with Crippen LogP contribution in [0.25, 0.3) is 0 Å². The number of aliphatic hydroxyl groups excluding tert-OH is 1. The van der Waals surface area contributed by atoms with E-state index >= 15 is 0 Å². The van der Waals surface area contributed by atoms with Crippen molar-refractivity contribution in [3.05, 3.63) is 34.6 Å². The van der Waals surface area contributed by atoms with Crippen molar-refractivity contribution in [3.8, 4) is 0 Å². The number of allylic oxidation sites excluding steroid dienone is 6. The van der Waals surface area contributed by atoms with E-state index in [-0.39, 0.29) is 42.3 Å². The number of hydrogen-bond donors (Lipinski definition) is 2. The van der Waals surface area contributed by atoms with Gasteiger partial charge in [-0.3, -0.25) is 14.4 Å². The van der Waals surface area contributed by atoms with Crippen LogP contribution in [0, 0.1) is 28.1 Å². The van der Waals surface area contributed by atoms with Gasteiger partial charge in [-0.2, -0.15) is 0 Å². The molecule has 5 nitrogen and oxygen atoms in total. The minimum Gasteiger partial charge on any atom is -0.511 e. The molecule has 0 spiro atoms. The van der Waals surface area contributed by atoms with Gasteiger partial charge in [0.2, 0.25) is 0 Å². The summed E-state index contributed by atoms with van der Waals surface area (Å²) in [5.74, 6) is -2.15. The fraction of sp³-hybridized carbons (Fsp3) is 0.710. The molecule has 2 rings (SSSR count). The third-order valence-electron chi connectivity index (χ3n) is 8.80. The van der Waals surface area contributed by atoms with Gasteiger partial charge < -0.3 is 10.2 Å². The van der Waals surface area contributed by atoms with Gasteiger partial charge in [0.05, 0.1) is 11.0 Å². The summed E-state index contributed by atoms with van der Waals surface area (Å²) in [5.41, 5.74) is -2.93. The van der Waals surface area contributed by atoms with Crippen molar-refractivity contribution < 1.29 is 24.6 Å². The van der Waals surface area contributed by atoms with Crippen LogP contribution in [0.1, 0.15) is 108 Å². The van der Waals surface area contributed by atoms with E-state index in [4.69, 9.17) is 0 Å². The molecule has 0 aromatic carbocycles. The zero-order chi connectivity index (χ0) is 27.9. The molecule has 36 heavy (non-hydrogen) atoms. The highest BCUT2D eigenvalue weighted by Crippen LogP contribution is 2.66. The van der Waals surface area contributed by atoms with E-state index < -0.39 is 39.3 Å². The summed E-state index contributed by atoms with van der Waals surface area (Å²) in [5, 5.41) is 22.2. The molecule has 202 valence electrons. The van der Waals surface area contributed by atoms with Gasteiger partial charge in [-0.25, -0.2) is 0 Å². The molecule has 4 atom stereocenters. The molecule has 2 aliphatic carbocycles. The second kappa shape index (κ2) is 10.4. The number of hydrogen-bond acceptors (Lipinski definition) is 5. The third-order valence-corrected chi connectivity index (χ3v) is 8.80. The van der Waals surface area contributed by atoms with Gasteiger partial charge in [0.25, 0.3) is 0 Å². The maximum absolute atomic E-state index is 14.7. The van der Waals surface area contributed by atoms with Gasteiger partial charge in [0.1, 0.15) is 5.76 Å². The first kappa shape index (κ1) is 30.2. The van der Waals surface area contributed by atoms with E-state index in [0.29, 0.717) is 19.3 Å². The first-order valence-corrected chi connectivity index (χ1v) is 13.5. The Bertz CT molecular complexity index is 994. The van der Waals surface area contributed by atoms with Crippen molar-refractivity contribution in [2.75, 3.05) is 0 Å². The smallest absolute Gasteiger partial charge is 0.183 e. The highest BCUT2D eigenvalue weighted by molar-refractivity contribution is 6.33. The van der Waals surface area contributed by atoms with Gasteiger partial charge in [0, 0.05) is 11.5 Å². The molecule has 5 heteroatoms. The van der Waals surface area contributed by atoms with E-state index in [1.165, 1.54) is 0 Å². The molecule has 0 heterocycles. The highest BCUT2D eigenvalue weighted by Gasteiger charge is 2.75. The van der Waals surface area contributed by atoms with Crippen LogP contribution >= 0.6 is 0 Å². The van der Waals surface area contributed by atoms with E-state index in [9.17, 15) is 24.6 Å². The van der Waals surface area contributed by atoms with Crippen molar-refractivity contribution in [1.82, 2.24) is 0 Å². The fourth-order valence-corrected chi connectivity index (χ4v) is 6.11. The molecule has 2 bridgehead atoms. The molecular formula is C31H48O5. The Morgan fingerprint density at radius 1 is 1.11 bits per heavy atom. The summed E-state index contributed by atoms with van der Waals surface area (Å²) < 4.78 is 0. The molecule has 1 saturated carbocycles. The number of ketones is 3. The molecule has 2 N–H and O–H groups in total. The Labute approximate surface area is 218 Å². The standard InChI is InChI=1S/C31H48O5/c1-11-21(6)24(32)31-26(34)23(15-16-28(7,8)36)25(33)30(27(31)35,17-14-20(4)5)18-22(29(31,9)10)13-12-19(2)3/h12,14,21-22,33,36H,11,13,15-18H2,1-10H3/t21?,22-,30+,31+/m0/s1. The number of rotatable bonds is 10. The van der Waals surface area contributed by atoms with Crippen LogP contribution in [0.4, 0.5) is 0 Å². The zero-order valence-electron chi connectivity index (χ0n) is 24.2. The number of carbonyl (C=O) groups is 3. The van der Waals surface area contributed by atoms with Crippen LogP contribution in [0.5, 0.6) is 0 Å². The Hall–Kier alpha value is -2.01. The lowest BCUT2D eigenvalue weighted by Gasteiger charge is -2.60. The molecule has 0 aliphatic heterocycles. The van der Waals surface area contributed by atoms with Crippen LogP contribution in [0.15, 0.2) is 34.6 Å². The van der Waals surface area contributed by atoms with Crippen LogP contribution in [-0.2, 0) is 14.4 Å². The monoisotopic (exact) mass is 500 g/mol. The van der Waals surface area contributed by atoms with Crippen molar-refractivity contribution in [3.63, 3.8) is 0 Å². The molecule has 0 saturated heterocycles. The summed E-state index contributed by atoms with van der Waals surface area (Å²) in [6.07, 6.45) is 6.15. The minimum atomic E-state index is -1.86. The van der Waals surface area contributed by atoms with Gasteiger partial charge in [0.15, 0.2) is 22.8 Å². The summed E-state index contributed by atoms with van der Waals surface area (Å²) in [7, 11) is 0. The number of carbonyl (C=O) groups excluding carboxylic acids is 3. The maximum Gasteiger partial charge on any atom is 0.183 e. The molecule has 2 aliphatic rings. The molecule has 0 aromatic heterocycles. The van der Waals surface area contributed by atoms with Crippen molar-refractivity contribution in [1.29, 1.82) is 0 Å². The largest absolute Gasteiger partial charge is 0.511 e.